The molecule has 4 saturated heterocycles. The first-order valence-electron chi connectivity index (χ1n) is 20.1. The molecule has 4 atom stereocenters. The minimum absolute atomic E-state index is 0.0546. The molecule has 4 aromatic rings. The minimum Gasteiger partial charge on any atom is -0.508 e. The first kappa shape index (κ1) is 37.7. The van der Waals surface area contributed by atoms with E-state index in [0.717, 1.165) is 32.2 Å². The van der Waals surface area contributed by atoms with Gasteiger partial charge in [-0.25, -0.2) is 13.8 Å². The second-order valence-electron chi connectivity index (χ2n) is 17.5. The highest BCUT2D eigenvalue weighted by atomic mass is 28.3. The molecule has 12 heteroatoms. The van der Waals surface area contributed by atoms with E-state index >= 15 is 4.39 Å². The van der Waals surface area contributed by atoms with Gasteiger partial charge in [0.2, 0.25) is 5.88 Å². The van der Waals surface area contributed by atoms with Crippen LogP contribution in [0.2, 0.25) is 16.6 Å². The van der Waals surface area contributed by atoms with Crippen molar-refractivity contribution in [1.29, 1.82) is 5.26 Å². The Labute approximate surface area is 324 Å². The lowest BCUT2D eigenvalue weighted by Gasteiger charge is -2.38. The molecule has 4 fully saturated rings. The van der Waals surface area contributed by atoms with E-state index in [4.69, 9.17) is 14.7 Å². The number of halogens is 2. The lowest BCUT2D eigenvalue weighted by atomic mass is 9.95. The van der Waals surface area contributed by atoms with Crippen molar-refractivity contribution in [1.82, 2.24) is 24.8 Å². The number of pyridine rings is 1. The first-order chi connectivity index (χ1) is 26.3. The van der Waals surface area contributed by atoms with E-state index in [1.165, 1.54) is 6.07 Å². The van der Waals surface area contributed by atoms with Crippen LogP contribution in [0, 0.1) is 28.6 Å². The van der Waals surface area contributed by atoms with Crippen LogP contribution in [0.1, 0.15) is 90.3 Å². The van der Waals surface area contributed by atoms with Crippen LogP contribution >= 0.6 is 0 Å². The molecular weight excluding hydrogens is 713 g/mol. The number of hydrogen-bond acceptors (Lipinski definition) is 8. The Morgan fingerprint density at radius 3 is 2.47 bits per heavy atom. The number of rotatable bonds is 9. The number of ether oxygens (including phenoxy) is 1. The Morgan fingerprint density at radius 2 is 1.78 bits per heavy atom. The summed E-state index contributed by atoms with van der Waals surface area (Å²) in [5, 5.41) is 26.8. The molecule has 9 nitrogen and oxygen atoms in total. The Bertz CT molecular complexity index is 2210. The summed E-state index contributed by atoms with van der Waals surface area (Å²) in [6.45, 7) is 16.6. The number of nitrogens with one attached hydrogen (secondary N) is 1. The molecule has 0 saturated carbocycles. The summed E-state index contributed by atoms with van der Waals surface area (Å²) >= 11 is 0. The van der Waals surface area contributed by atoms with Crippen molar-refractivity contribution in [3.63, 3.8) is 0 Å². The van der Waals surface area contributed by atoms with Crippen molar-refractivity contribution in [2.75, 3.05) is 37.7 Å². The molecule has 2 N–H and O–H groups in total. The Kier molecular flexibility index (Phi) is 9.84. The smallest absolute Gasteiger partial charge is 0.244 e. The number of alkyl halides is 1. The van der Waals surface area contributed by atoms with E-state index in [-0.39, 0.29) is 24.4 Å². The highest BCUT2D eigenvalue weighted by Crippen LogP contribution is 2.43. The molecule has 6 heterocycles. The van der Waals surface area contributed by atoms with Crippen LogP contribution in [0.4, 0.5) is 14.6 Å². The molecule has 0 unspecified atom stereocenters. The monoisotopic (exact) mass is 765 g/mol. The maximum atomic E-state index is 16.1. The summed E-state index contributed by atoms with van der Waals surface area (Å²) in [7, 11) is -2.21. The molecule has 0 radical (unpaired) electrons. The van der Waals surface area contributed by atoms with Gasteiger partial charge in [0.1, 0.15) is 44.1 Å². The maximum absolute atomic E-state index is 16.1. The van der Waals surface area contributed by atoms with E-state index in [0.29, 0.717) is 105 Å². The highest BCUT2D eigenvalue weighted by Gasteiger charge is 2.49. The topological polar surface area (TPSA) is 102 Å². The zero-order valence-corrected chi connectivity index (χ0v) is 33.9. The number of nitriles is 1. The van der Waals surface area contributed by atoms with E-state index in [1.807, 2.05) is 4.57 Å². The van der Waals surface area contributed by atoms with E-state index in [2.05, 4.69) is 74.2 Å². The summed E-state index contributed by atoms with van der Waals surface area (Å²) in [6.07, 6.45) is 5.20. The van der Waals surface area contributed by atoms with Gasteiger partial charge in [0.15, 0.2) is 11.3 Å². The number of phenolic OH excluding ortho intramolecular Hbond substituents is 1. The molecule has 8 rings (SSSR count). The van der Waals surface area contributed by atoms with Crippen molar-refractivity contribution < 1.29 is 18.6 Å². The third kappa shape index (κ3) is 6.44. The average Bonchev–Trinajstić information content (AvgIpc) is 3.89. The largest absolute Gasteiger partial charge is 0.508 e. The molecule has 4 aliphatic rings. The normalized spacial score (nSPS) is 24.0. The van der Waals surface area contributed by atoms with Gasteiger partial charge < -0.3 is 24.6 Å². The van der Waals surface area contributed by atoms with Gasteiger partial charge in [-0.05, 0) is 78.0 Å². The lowest BCUT2D eigenvalue weighted by molar-refractivity contribution is 0.111. The minimum atomic E-state index is -2.21. The fourth-order valence-corrected chi connectivity index (χ4v) is 16.0. The van der Waals surface area contributed by atoms with Crippen molar-refractivity contribution >= 4 is 35.7 Å². The maximum Gasteiger partial charge on any atom is 0.244 e. The molecule has 4 aliphatic heterocycles. The summed E-state index contributed by atoms with van der Waals surface area (Å²) < 4.78 is 39.3. The SMILES string of the molecule is CC(C)[Si](C#Cc1c(F)ccc2cc(O)cc(Cn3cnc4c(OC[C@@]56CCCN5C[C@H](F)C6)nc(N5C[C@H]6CC[C@@H](C5)N6)c(C#N)c43)c12)(C(C)C)C(C)C. The fraction of sp³-hybridized carbons (Fsp3) is 0.558. The summed E-state index contributed by atoms with van der Waals surface area (Å²) in [6, 6.07) is 9.52. The molecule has 2 aromatic heterocycles. The molecule has 2 bridgehead atoms. The number of phenols is 1. The van der Waals surface area contributed by atoms with Gasteiger partial charge in [-0.2, -0.15) is 10.2 Å². The Morgan fingerprint density at radius 1 is 1.05 bits per heavy atom. The van der Waals surface area contributed by atoms with E-state index in [9.17, 15) is 14.8 Å². The standard InChI is InChI=1S/C43H53F2N7O2Si/c1-26(2)55(27(3)4,28(5)6)15-12-35-37(45)11-8-29-16-34(53)17-30(38(29)35)20-51-25-47-39-40(51)36(19-46)41(50-22-32-9-10-33(23-50)48-32)49-42(39)54-24-43-13-7-14-52(43)21-31(44)18-43/h8,11,16-17,25-28,31-33,48,53H,7,9-10,13-14,18,20-24H2,1-6H3/t31-,32-,33+,43+/m1/s1. The number of hydrogen-bond donors (Lipinski definition) is 2. The molecule has 0 amide bonds. The van der Waals surface area contributed by atoms with Crippen LogP contribution in [-0.2, 0) is 6.54 Å². The second kappa shape index (κ2) is 14.4. The number of benzene rings is 2. The van der Waals surface area contributed by atoms with Gasteiger partial charge in [-0.15, -0.1) is 5.54 Å². The Hall–Kier alpha value is -4.23. The van der Waals surface area contributed by atoms with Gasteiger partial charge in [0.25, 0.3) is 0 Å². The number of imidazole rings is 1. The summed E-state index contributed by atoms with van der Waals surface area (Å²) in [4.78, 5) is 14.3. The molecule has 0 aliphatic carbocycles. The van der Waals surface area contributed by atoms with E-state index in [1.54, 1.807) is 24.5 Å². The number of aromatic nitrogens is 3. The zero-order valence-electron chi connectivity index (χ0n) is 32.9. The third-order valence-corrected chi connectivity index (χ3v) is 19.6. The van der Waals surface area contributed by atoms with Crippen LogP contribution in [0.15, 0.2) is 30.6 Å². The van der Waals surface area contributed by atoms with Crippen molar-refractivity contribution in [3.8, 4) is 29.2 Å². The average molecular weight is 766 g/mol. The van der Waals surface area contributed by atoms with Crippen LogP contribution in [0.5, 0.6) is 11.6 Å². The van der Waals surface area contributed by atoms with Crippen molar-refractivity contribution in [3.05, 3.63) is 53.1 Å². The Balaban J connectivity index is 1.27. The van der Waals surface area contributed by atoms with Gasteiger partial charge in [0, 0.05) is 50.1 Å². The molecular formula is C43H53F2N7O2Si. The van der Waals surface area contributed by atoms with Crippen LogP contribution < -0.4 is 15.0 Å². The predicted molar refractivity (Wildman–Crippen MR) is 216 cm³/mol. The van der Waals surface area contributed by atoms with Crippen molar-refractivity contribution in [2.45, 2.75) is 121 Å². The van der Waals surface area contributed by atoms with Gasteiger partial charge in [-0.1, -0.05) is 53.5 Å². The van der Waals surface area contributed by atoms with E-state index < -0.39 is 20.1 Å². The number of anilines is 1. The number of aromatic hydroxyl groups is 1. The highest BCUT2D eigenvalue weighted by molar-refractivity contribution is 6.90. The summed E-state index contributed by atoms with van der Waals surface area (Å²) in [5.41, 5.74) is 6.83. The summed E-state index contributed by atoms with van der Waals surface area (Å²) in [5.74, 6) is 3.91. The fourth-order valence-electron chi connectivity index (χ4n) is 10.8. The third-order valence-electron chi connectivity index (χ3n) is 13.3. The van der Waals surface area contributed by atoms with Crippen LogP contribution in [-0.4, -0.2) is 89.2 Å². The first-order valence-corrected chi connectivity index (χ1v) is 22.4. The number of nitrogens with zero attached hydrogens (tertiary/aromatic N) is 6. The molecule has 0 spiro atoms. The lowest BCUT2D eigenvalue weighted by Crippen LogP contribution is -2.51. The molecule has 2 aromatic carbocycles. The number of piperazine rings is 1. The van der Waals surface area contributed by atoms with Crippen molar-refractivity contribution in [2.24, 2.45) is 0 Å². The van der Waals surface area contributed by atoms with Gasteiger partial charge >= 0.3 is 0 Å². The predicted octanol–water partition coefficient (Wildman–Crippen LogP) is 7.81. The number of fused-ring (bicyclic) bond motifs is 5. The van der Waals surface area contributed by atoms with Gasteiger partial charge in [0.05, 0.1) is 22.9 Å². The second-order valence-corrected chi connectivity index (χ2v) is 23.1. The van der Waals surface area contributed by atoms with Crippen LogP contribution in [0.3, 0.4) is 0 Å². The van der Waals surface area contributed by atoms with Gasteiger partial charge in [-0.3, -0.25) is 4.90 Å². The van der Waals surface area contributed by atoms with Crippen LogP contribution in [0.25, 0.3) is 21.8 Å². The molecule has 55 heavy (non-hydrogen) atoms. The quantitative estimate of drug-likeness (QED) is 0.132. The zero-order chi connectivity index (χ0) is 38.8. The molecule has 290 valence electrons.